The molecule has 5 N–H and O–H groups in total. The van der Waals surface area contributed by atoms with Crippen LogP contribution in [0, 0.1) is 6.92 Å². The van der Waals surface area contributed by atoms with Crippen LogP contribution in [0.15, 0.2) is 20.9 Å². The second-order valence-electron chi connectivity index (χ2n) is 6.17. The fourth-order valence-corrected chi connectivity index (χ4v) is 5.87. The van der Waals surface area contributed by atoms with Crippen LogP contribution in [0.4, 0.5) is 0 Å². The molecule has 0 bridgehead atoms. The van der Waals surface area contributed by atoms with Crippen LogP contribution in [-0.2, 0) is 27.0 Å². The summed E-state index contributed by atoms with van der Waals surface area (Å²) in [6.45, 7) is 0.827. The summed E-state index contributed by atoms with van der Waals surface area (Å²) in [6, 6.07) is -0.929. The zero-order chi connectivity index (χ0) is 23.6. The van der Waals surface area contributed by atoms with Gasteiger partial charge in [-0.1, -0.05) is 0 Å². The molecule has 21 heteroatoms. The van der Waals surface area contributed by atoms with Crippen molar-refractivity contribution >= 4 is 30.3 Å². The third-order valence-corrected chi connectivity index (χ3v) is 7.82. The van der Waals surface area contributed by atoms with Gasteiger partial charge in [0.2, 0.25) is 0 Å². The fourth-order valence-electron chi connectivity index (χ4n) is 2.55. The number of hydrogen-bond donors (Lipinski definition) is 5. The van der Waals surface area contributed by atoms with Crippen LogP contribution in [-0.4, -0.2) is 55.1 Å². The third-order valence-electron chi connectivity index (χ3n) is 3.74. The Morgan fingerprint density at radius 3 is 2.58 bits per heavy atom. The molecule has 0 aromatic carbocycles. The molecule has 17 nitrogen and oxygen atoms in total. The Bertz CT molecular complexity index is 1140. The summed E-state index contributed by atoms with van der Waals surface area (Å²) < 4.78 is 41.5. The second-order valence-corrected chi connectivity index (χ2v) is 10.9. The maximum atomic E-state index is 12.0. The van der Waals surface area contributed by atoms with Gasteiger partial charge in [-0.3, -0.25) is 0 Å². The summed E-state index contributed by atoms with van der Waals surface area (Å²) >= 11 is 0. The number of aromatic nitrogens is 2. The van der Waals surface area contributed by atoms with Gasteiger partial charge in [0.25, 0.3) is 0 Å². The van der Waals surface area contributed by atoms with E-state index in [0.717, 1.165) is 4.57 Å². The predicted molar refractivity (Wildman–Crippen MR) is 104 cm³/mol. The van der Waals surface area contributed by atoms with Crippen LogP contribution in [0.2, 0.25) is 0 Å². The molecule has 1 unspecified atom stereocenters. The van der Waals surface area contributed by atoms with Crippen LogP contribution in [0.5, 0.6) is 0 Å². The van der Waals surface area contributed by atoms with Crippen molar-refractivity contribution in [3.63, 3.8) is 0 Å². The number of H-pyrrole nitrogens is 1. The first-order valence-electron chi connectivity index (χ1n) is 8.06. The Hall–Kier alpha value is -1.38. The molecule has 5 atom stereocenters. The zero-order valence-electron chi connectivity index (χ0n) is 15.6. The SMILES string of the molecule is B=[P@@](O)(OC[C@H]1O[C@@H](n2cc(C)c(=O)[nH]c2=O)C[C@@H]1N=[N+]=[N-])OP(=O)(O)OP(=O)(O)O. The minimum atomic E-state index is -5.45. The summed E-state index contributed by atoms with van der Waals surface area (Å²) in [6.07, 6.45) is -0.890. The number of rotatable bonds is 9. The van der Waals surface area contributed by atoms with Gasteiger partial charge in [0.05, 0.1) is 0 Å². The minimum absolute atomic E-state index is 0.0296. The summed E-state index contributed by atoms with van der Waals surface area (Å²) in [5.74, 6) is 0. The van der Waals surface area contributed by atoms with E-state index in [2.05, 4.69) is 30.8 Å². The van der Waals surface area contributed by atoms with Gasteiger partial charge in [0, 0.05) is 0 Å². The molecule has 0 aliphatic carbocycles. The number of aromatic amines is 1. The molecule has 1 fully saturated rings. The number of nitrogens with one attached hydrogen (secondary N) is 1. The number of nitrogens with zero attached hydrogens (tertiary/aromatic N) is 4. The predicted octanol–water partition coefficient (Wildman–Crippen LogP) is -0.375. The Morgan fingerprint density at radius 2 is 2.00 bits per heavy atom. The molecule has 0 amide bonds. The van der Waals surface area contributed by atoms with E-state index < -0.39 is 59.3 Å². The topological polar surface area (TPSA) is 256 Å². The molecule has 2 rings (SSSR count). The van der Waals surface area contributed by atoms with Crippen LogP contribution >= 0.6 is 23.1 Å². The van der Waals surface area contributed by atoms with E-state index in [9.17, 15) is 28.5 Å². The first-order chi connectivity index (χ1) is 14.1. The van der Waals surface area contributed by atoms with Gasteiger partial charge in [0.1, 0.15) is 0 Å². The number of aryl methyl sites for hydroxylation is 1. The van der Waals surface area contributed by atoms with E-state index in [4.69, 9.17) is 24.6 Å². The van der Waals surface area contributed by atoms with Crippen LogP contribution in [0.3, 0.4) is 0 Å². The van der Waals surface area contributed by atoms with Gasteiger partial charge >= 0.3 is 173 Å². The molecule has 172 valence electrons. The van der Waals surface area contributed by atoms with Crippen molar-refractivity contribution in [2.75, 3.05) is 6.61 Å². The van der Waals surface area contributed by atoms with Gasteiger partial charge in [-0.15, -0.1) is 0 Å². The van der Waals surface area contributed by atoms with Crippen molar-refractivity contribution in [2.45, 2.75) is 31.7 Å². The Labute approximate surface area is 173 Å². The molecule has 1 aromatic rings. The van der Waals surface area contributed by atoms with Crippen molar-refractivity contribution in [2.24, 2.45) is 5.11 Å². The van der Waals surface area contributed by atoms with Gasteiger partial charge < -0.3 is 0 Å². The van der Waals surface area contributed by atoms with Crippen LogP contribution in [0.1, 0.15) is 18.2 Å². The van der Waals surface area contributed by atoms with Crippen molar-refractivity contribution < 1.29 is 46.6 Å². The average molecular weight is 503 g/mol. The Kier molecular flexibility index (Phi) is 8.04. The first-order valence-corrected chi connectivity index (χ1v) is 12.8. The zero-order valence-corrected chi connectivity index (χ0v) is 18.3. The molecular formula is C10H17BN5O12P3. The third kappa shape index (κ3) is 7.61. The molecule has 0 radical (unpaired) electrons. The molecule has 1 aromatic heterocycles. The van der Waals surface area contributed by atoms with Gasteiger partial charge in [-0.05, 0) is 0 Å². The standard InChI is InChI=1S/C10H17BN5O12P3/c1-5-3-16(10(18)13-9(5)17)8-2-6(14-15-12)7(26-8)4-25-29(11,19)27-31(23,24)28-30(20,21)22/h3,6-8,11,19H,2,4H2,1H3,(H,23,24)(H,13,17,18)(H2,20,21,22)/t6-,7+,8+,29+/m0/s1. The van der Waals surface area contributed by atoms with Crippen molar-refractivity contribution in [1.82, 2.24) is 9.55 Å². The average Bonchev–Trinajstić information content (AvgIpc) is 2.96. The number of hydrogen-bond acceptors (Lipinski definition) is 10. The second kappa shape index (κ2) is 9.63. The molecular weight excluding hydrogens is 486 g/mol. The molecule has 1 saturated heterocycles. The fraction of sp³-hybridized carbons (Fsp3) is 0.600. The monoisotopic (exact) mass is 503 g/mol. The van der Waals surface area contributed by atoms with Crippen LogP contribution in [0.25, 0.3) is 10.4 Å². The molecule has 1 aliphatic heterocycles. The van der Waals surface area contributed by atoms with Gasteiger partial charge in [-0.25, -0.2) is 0 Å². The van der Waals surface area contributed by atoms with E-state index in [1.807, 2.05) is 0 Å². The summed E-state index contributed by atoms with van der Waals surface area (Å²) in [7, 11) is -12.3. The molecule has 2 heterocycles. The van der Waals surface area contributed by atoms with E-state index >= 15 is 0 Å². The normalized spacial score (nSPS) is 25.4. The molecule has 0 spiro atoms. The van der Waals surface area contributed by atoms with E-state index in [1.54, 1.807) is 0 Å². The van der Waals surface area contributed by atoms with Gasteiger partial charge in [-0.2, -0.15) is 0 Å². The Morgan fingerprint density at radius 1 is 1.35 bits per heavy atom. The number of azide groups is 1. The maximum absolute atomic E-state index is 12.0. The summed E-state index contributed by atoms with van der Waals surface area (Å²) in [5, 5.41) is 3.50. The van der Waals surface area contributed by atoms with Gasteiger partial charge in [0.15, 0.2) is 0 Å². The molecule has 31 heavy (non-hydrogen) atoms. The van der Waals surface area contributed by atoms with Crippen LogP contribution < -0.4 is 11.2 Å². The first kappa shape index (κ1) is 25.9. The number of phosphoric acid groups is 2. The molecule has 1 aliphatic rings. The summed E-state index contributed by atoms with van der Waals surface area (Å²) in [5.41, 5.74) is 7.55. The van der Waals surface area contributed by atoms with E-state index in [0.29, 0.717) is 0 Å². The van der Waals surface area contributed by atoms with E-state index in [1.165, 1.54) is 13.1 Å². The quantitative estimate of drug-likeness (QED) is 0.0951. The van der Waals surface area contributed by atoms with E-state index in [-0.39, 0.29) is 12.0 Å². The van der Waals surface area contributed by atoms with Crippen molar-refractivity contribution in [3.8, 4) is 0 Å². The summed E-state index contributed by atoms with van der Waals surface area (Å²) in [4.78, 5) is 64.7. The Balaban J connectivity index is 2.14. The van der Waals surface area contributed by atoms with Crippen molar-refractivity contribution in [1.29, 1.82) is 0 Å². The molecule has 0 saturated carbocycles. The van der Waals surface area contributed by atoms with Crippen molar-refractivity contribution in [3.05, 3.63) is 43.0 Å². The number of ether oxygens (including phenoxy) is 1.